The molecule has 0 atom stereocenters. The van der Waals surface area contributed by atoms with Gasteiger partial charge in [0.1, 0.15) is 23.7 Å². The fraction of sp³-hybridized carbons (Fsp3) is 0.500. The van der Waals surface area contributed by atoms with Crippen molar-refractivity contribution in [2.45, 2.75) is 56.2 Å². The Hall–Kier alpha value is -2.58. The molecule has 32 heavy (non-hydrogen) atoms. The first kappa shape index (κ1) is 24.1. The quantitative estimate of drug-likeness (QED) is 0.277. The van der Waals surface area contributed by atoms with Gasteiger partial charge in [-0.05, 0) is 50.8 Å². The van der Waals surface area contributed by atoms with Crippen molar-refractivity contribution in [3.63, 3.8) is 0 Å². The molecule has 0 radical (unpaired) electrons. The van der Waals surface area contributed by atoms with Gasteiger partial charge < -0.3 is 20.0 Å². The molecule has 1 aliphatic carbocycles. The summed E-state index contributed by atoms with van der Waals surface area (Å²) in [5.74, 6) is -1.98. The number of rotatable bonds is 8. The van der Waals surface area contributed by atoms with Crippen molar-refractivity contribution in [1.29, 1.82) is 0 Å². The zero-order valence-electron chi connectivity index (χ0n) is 18.5. The number of aldehydes is 1. The van der Waals surface area contributed by atoms with Crippen molar-refractivity contribution in [3.8, 4) is 0 Å². The van der Waals surface area contributed by atoms with Gasteiger partial charge in [0.25, 0.3) is 5.91 Å². The van der Waals surface area contributed by atoms with Gasteiger partial charge in [-0.3, -0.25) is 9.69 Å². The Morgan fingerprint density at radius 2 is 2.00 bits per heavy atom. The molecule has 0 unspecified atom stereocenters. The highest BCUT2D eigenvalue weighted by atomic mass is 19.1. The molecule has 1 saturated carbocycles. The maximum atomic E-state index is 14.1. The summed E-state index contributed by atoms with van der Waals surface area (Å²) in [7, 11) is 1.32. The van der Waals surface area contributed by atoms with E-state index in [9.17, 15) is 23.5 Å². The van der Waals surface area contributed by atoms with Crippen LogP contribution in [0.4, 0.5) is 8.78 Å². The number of carbonyl (C=O) groups is 2. The minimum atomic E-state index is -0.815. The summed E-state index contributed by atoms with van der Waals surface area (Å²) in [4.78, 5) is 26.3. The first-order valence-corrected chi connectivity index (χ1v) is 10.7. The minimum absolute atomic E-state index is 0.00783. The van der Waals surface area contributed by atoms with Crippen molar-refractivity contribution in [1.82, 2.24) is 10.2 Å². The second-order valence-electron chi connectivity index (χ2n) is 9.10. The lowest BCUT2D eigenvalue weighted by atomic mass is 9.78. The number of hydrogen-bond donors (Lipinski definition) is 2. The van der Waals surface area contributed by atoms with E-state index < -0.39 is 28.7 Å². The molecule has 1 heterocycles. The molecule has 0 bridgehead atoms. The standard InChI is InChI=1S/C24H30F2N2O4/c1-16(12-21(32-3)19-5-4-17(25)13-20(19)26)22(30)27-24(10-11-29)14-28(15-24)18-6-8-23(2,31)9-7-18/h4-5,11-13,18,31H,1,6-10,14-15H2,2-3H3,(H,27,30)/b21-12-. The molecule has 1 aromatic carbocycles. The minimum Gasteiger partial charge on any atom is -0.496 e. The predicted molar refractivity (Wildman–Crippen MR) is 116 cm³/mol. The van der Waals surface area contributed by atoms with Crippen molar-refractivity contribution in [3.05, 3.63) is 53.6 Å². The van der Waals surface area contributed by atoms with E-state index in [0.29, 0.717) is 19.1 Å². The number of methoxy groups -OCH3 is 1. The lowest BCUT2D eigenvalue weighted by molar-refractivity contribution is -0.124. The van der Waals surface area contributed by atoms with Crippen molar-refractivity contribution < 1.29 is 28.2 Å². The van der Waals surface area contributed by atoms with E-state index in [0.717, 1.165) is 44.1 Å². The highest BCUT2D eigenvalue weighted by Crippen LogP contribution is 2.36. The number of ether oxygens (including phenoxy) is 1. The molecule has 174 valence electrons. The molecule has 0 aromatic heterocycles. The third kappa shape index (κ3) is 5.42. The summed E-state index contributed by atoms with van der Waals surface area (Å²) in [6, 6.07) is 3.37. The summed E-state index contributed by atoms with van der Waals surface area (Å²) < 4.78 is 32.5. The zero-order chi connectivity index (χ0) is 23.5. The van der Waals surface area contributed by atoms with Gasteiger partial charge in [0.15, 0.2) is 0 Å². The van der Waals surface area contributed by atoms with E-state index in [1.807, 2.05) is 6.92 Å². The van der Waals surface area contributed by atoms with E-state index in [-0.39, 0.29) is 23.3 Å². The number of carbonyl (C=O) groups excluding carboxylic acids is 2. The van der Waals surface area contributed by atoms with Gasteiger partial charge in [-0.25, -0.2) is 8.78 Å². The monoisotopic (exact) mass is 448 g/mol. The Balaban J connectivity index is 1.65. The summed E-state index contributed by atoms with van der Waals surface area (Å²) in [5.41, 5.74) is -1.27. The predicted octanol–water partition coefficient (Wildman–Crippen LogP) is 2.96. The van der Waals surface area contributed by atoms with Gasteiger partial charge >= 0.3 is 0 Å². The number of benzene rings is 1. The van der Waals surface area contributed by atoms with Crippen LogP contribution in [-0.2, 0) is 14.3 Å². The van der Waals surface area contributed by atoms with Crippen LogP contribution < -0.4 is 5.32 Å². The number of nitrogens with one attached hydrogen (secondary N) is 1. The number of likely N-dealkylation sites (tertiary alicyclic amines) is 1. The van der Waals surface area contributed by atoms with E-state index in [1.165, 1.54) is 19.3 Å². The first-order valence-electron chi connectivity index (χ1n) is 10.7. The number of hydrogen-bond acceptors (Lipinski definition) is 5. The van der Waals surface area contributed by atoms with Crippen LogP contribution in [0.2, 0.25) is 0 Å². The smallest absolute Gasteiger partial charge is 0.251 e. The molecule has 0 spiro atoms. The molecular formula is C24H30F2N2O4. The Bertz CT molecular complexity index is 913. The topological polar surface area (TPSA) is 78.9 Å². The van der Waals surface area contributed by atoms with Crippen LogP contribution in [-0.4, -0.2) is 59.6 Å². The lowest BCUT2D eigenvalue weighted by Crippen LogP contribution is -2.72. The molecule has 2 N–H and O–H groups in total. The van der Waals surface area contributed by atoms with Crippen LogP contribution in [0.3, 0.4) is 0 Å². The van der Waals surface area contributed by atoms with Gasteiger partial charge in [0.2, 0.25) is 0 Å². The SMILES string of the molecule is C=C(/C=C(\OC)c1ccc(F)cc1F)C(=O)NC1(CC=O)CN(C2CCC(C)(O)CC2)C1. The van der Waals surface area contributed by atoms with Gasteiger partial charge in [0, 0.05) is 37.2 Å². The first-order chi connectivity index (χ1) is 15.1. The Morgan fingerprint density at radius 1 is 1.34 bits per heavy atom. The molecule has 1 aromatic rings. The summed E-state index contributed by atoms with van der Waals surface area (Å²) >= 11 is 0. The van der Waals surface area contributed by atoms with Gasteiger partial charge in [-0.15, -0.1) is 0 Å². The Kier molecular flexibility index (Phi) is 7.15. The Morgan fingerprint density at radius 3 is 2.56 bits per heavy atom. The fourth-order valence-electron chi connectivity index (χ4n) is 4.48. The number of amides is 1. The molecule has 6 nitrogen and oxygen atoms in total. The van der Waals surface area contributed by atoms with Gasteiger partial charge in [-0.2, -0.15) is 0 Å². The van der Waals surface area contributed by atoms with Crippen LogP contribution in [0.15, 0.2) is 36.4 Å². The molecule has 1 saturated heterocycles. The van der Waals surface area contributed by atoms with Crippen molar-refractivity contribution in [2.75, 3.05) is 20.2 Å². The zero-order valence-corrected chi connectivity index (χ0v) is 18.5. The van der Waals surface area contributed by atoms with Crippen LogP contribution >= 0.6 is 0 Å². The third-order valence-electron chi connectivity index (χ3n) is 6.43. The third-order valence-corrected chi connectivity index (χ3v) is 6.43. The maximum Gasteiger partial charge on any atom is 0.251 e. The van der Waals surface area contributed by atoms with Crippen LogP contribution in [0, 0.1) is 11.6 Å². The van der Waals surface area contributed by atoms with Crippen LogP contribution in [0.25, 0.3) is 5.76 Å². The molecule has 2 fully saturated rings. The average Bonchev–Trinajstić information content (AvgIpc) is 2.70. The molecule has 1 amide bonds. The van der Waals surface area contributed by atoms with E-state index in [1.54, 1.807) is 0 Å². The summed E-state index contributed by atoms with van der Waals surface area (Å²) in [6.07, 6.45) is 5.43. The second-order valence-corrected chi connectivity index (χ2v) is 9.10. The summed E-state index contributed by atoms with van der Waals surface area (Å²) in [5, 5.41) is 13.1. The van der Waals surface area contributed by atoms with Gasteiger partial charge in [-0.1, -0.05) is 6.58 Å². The van der Waals surface area contributed by atoms with Gasteiger partial charge in [0.05, 0.1) is 23.8 Å². The lowest BCUT2D eigenvalue weighted by Gasteiger charge is -2.54. The normalized spacial score (nSPS) is 25.5. The number of nitrogens with zero attached hydrogens (tertiary/aromatic N) is 1. The van der Waals surface area contributed by atoms with Crippen LogP contribution in [0.5, 0.6) is 0 Å². The molecular weight excluding hydrogens is 418 g/mol. The maximum absolute atomic E-state index is 14.1. The number of aliphatic hydroxyl groups is 1. The highest BCUT2D eigenvalue weighted by molar-refractivity contribution is 5.98. The fourth-order valence-corrected chi connectivity index (χ4v) is 4.48. The highest BCUT2D eigenvalue weighted by Gasteiger charge is 2.47. The van der Waals surface area contributed by atoms with Crippen molar-refractivity contribution >= 4 is 18.0 Å². The largest absolute Gasteiger partial charge is 0.496 e. The van der Waals surface area contributed by atoms with Crippen molar-refractivity contribution in [2.24, 2.45) is 0 Å². The molecule has 3 rings (SSSR count). The van der Waals surface area contributed by atoms with E-state index in [2.05, 4.69) is 16.8 Å². The van der Waals surface area contributed by atoms with E-state index >= 15 is 0 Å². The molecule has 8 heteroatoms. The average molecular weight is 449 g/mol. The van der Waals surface area contributed by atoms with Crippen LogP contribution in [0.1, 0.15) is 44.6 Å². The molecule has 2 aliphatic rings. The number of halogens is 2. The summed E-state index contributed by atoms with van der Waals surface area (Å²) in [6.45, 7) is 6.66. The Labute approximate surface area is 186 Å². The second kappa shape index (κ2) is 9.50. The van der Waals surface area contributed by atoms with E-state index in [4.69, 9.17) is 4.74 Å². The molecule has 1 aliphatic heterocycles.